The third-order valence-electron chi connectivity index (χ3n) is 2.47. The first-order valence-corrected chi connectivity index (χ1v) is 6.00. The summed E-state index contributed by atoms with van der Waals surface area (Å²) < 4.78 is 7.69. The molecule has 0 aliphatic carbocycles. The lowest BCUT2D eigenvalue weighted by Gasteiger charge is -2.06. The van der Waals surface area contributed by atoms with Crippen LogP contribution in [0.25, 0.3) is 10.9 Å². The Balaban J connectivity index is 1.98. The van der Waals surface area contributed by atoms with E-state index >= 15 is 0 Å². The maximum atomic E-state index is 11.9. The van der Waals surface area contributed by atoms with Crippen molar-refractivity contribution in [2.45, 2.75) is 0 Å². The van der Waals surface area contributed by atoms with Gasteiger partial charge in [0.05, 0.1) is 29.1 Å². The predicted octanol–water partition coefficient (Wildman–Crippen LogP) is 2.34. The molecule has 0 saturated heterocycles. The van der Waals surface area contributed by atoms with Crippen LogP contribution in [0.15, 0.2) is 42.7 Å². The van der Waals surface area contributed by atoms with Gasteiger partial charge in [-0.25, -0.2) is 0 Å². The minimum Gasteiger partial charge on any atom is -0.319 e. The van der Waals surface area contributed by atoms with Crippen molar-refractivity contribution < 1.29 is 4.79 Å². The molecule has 5 nitrogen and oxygen atoms in total. The number of hydrogen-bond acceptors (Lipinski definition) is 5. The smallest absolute Gasteiger partial charge is 0.277 e. The van der Waals surface area contributed by atoms with E-state index in [0.29, 0.717) is 11.4 Å². The summed E-state index contributed by atoms with van der Waals surface area (Å²) >= 11 is 1.01. The van der Waals surface area contributed by atoms with Gasteiger partial charge in [-0.1, -0.05) is 18.2 Å². The van der Waals surface area contributed by atoms with Gasteiger partial charge >= 0.3 is 0 Å². The molecule has 0 unspecified atom stereocenters. The summed E-state index contributed by atoms with van der Waals surface area (Å²) in [6, 6.07) is 9.44. The second kappa shape index (κ2) is 4.50. The number of pyridine rings is 1. The Bertz CT molecular complexity index is 691. The highest BCUT2D eigenvalue weighted by atomic mass is 32.1. The number of aromatic nitrogens is 3. The summed E-state index contributed by atoms with van der Waals surface area (Å²) in [5.41, 5.74) is 1.75. The van der Waals surface area contributed by atoms with E-state index < -0.39 is 0 Å². The maximum absolute atomic E-state index is 11.9. The molecule has 3 aromatic rings. The van der Waals surface area contributed by atoms with Gasteiger partial charge in [0.15, 0.2) is 5.69 Å². The summed E-state index contributed by atoms with van der Waals surface area (Å²) in [4.78, 5) is 16.2. The van der Waals surface area contributed by atoms with E-state index in [1.165, 1.54) is 6.20 Å². The lowest BCUT2D eigenvalue weighted by atomic mass is 10.2. The minimum atomic E-state index is -0.276. The molecular formula is C12H8N4OS. The number of carbonyl (C=O) groups is 1. The molecule has 2 heterocycles. The SMILES string of the molecule is O=C(Nc1cccc2cccnc12)c1cnsn1. The molecule has 1 amide bonds. The fraction of sp³-hybridized carbons (Fsp3) is 0. The lowest BCUT2D eigenvalue weighted by molar-refractivity contribution is 0.102. The van der Waals surface area contributed by atoms with Crippen LogP contribution in [0.4, 0.5) is 5.69 Å². The van der Waals surface area contributed by atoms with Crippen molar-refractivity contribution in [1.29, 1.82) is 0 Å². The Morgan fingerprint density at radius 3 is 2.94 bits per heavy atom. The van der Waals surface area contributed by atoms with Crippen molar-refractivity contribution >= 4 is 34.2 Å². The molecule has 0 atom stereocenters. The number of carbonyl (C=O) groups excluding carboxylic acids is 1. The zero-order valence-corrected chi connectivity index (χ0v) is 10.0. The molecule has 6 heteroatoms. The number of rotatable bonds is 2. The predicted molar refractivity (Wildman–Crippen MR) is 69.6 cm³/mol. The summed E-state index contributed by atoms with van der Waals surface area (Å²) in [5, 5.41) is 3.77. The Morgan fingerprint density at radius 1 is 1.22 bits per heavy atom. The van der Waals surface area contributed by atoms with E-state index in [-0.39, 0.29) is 5.91 Å². The third-order valence-corrected chi connectivity index (χ3v) is 2.95. The van der Waals surface area contributed by atoms with Gasteiger partial charge in [-0.3, -0.25) is 9.78 Å². The van der Waals surface area contributed by atoms with Crippen molar-refractivity contribution in [3.63, 3.8) is 0 Å². The van der Waals surface area contributed by atoms with Gasteiger partial charge in [-0.2, -0.15) is 8.75 Å². The molecule has 18 heavy (non-hydrogen) atoms. The second-order valence-electron chi connectivity index (χ2n) is 3.63. The van der Waals surface area contributed by atoms with Crippen LogP contribution in [0.3, 0.4) is 0 Å². The summed E-state index contributed by atoms with van der Waals surface area (Å²) in [6.07, 6.45) is 3.14. The molecule has 1 N–H and O–H groups in total. The first-order valence-electron chi connectivity index (χ1n) is 5.27. The van der Waals surface area contributed by atoms with E-state index in [2.05, 4.69) is 19.0 Å². The first-order chi connectivity index (χ1) is 8.84. The number of amides is 1. The van der Waals surface area contributed by atoms with Crippen LogP contribution in [0.2, 0.25) is 0 Å². The van der Waals surface area contributed by atoms with Crippen LogP contribution < -0.4 is 5.32 Å². The molecule has 0 spiro atoms. The second-order valence-corrected chi connectivity index (χ2v) is 4.18. The number of nitrogens with one attached hydrogen (secondary N) is 1. The van der Waals surface area contributed by atoms with Crippen LogP contribution in [0, 0.1) is 0 Å². The van der Waals surface area contributed by atoms with Crippen molar-refractivity contribution in [3.8, 4) is 0 Å². The standard InChI is InChI=1S/C12H8N4OS/c17-12(10-7-14-18-16-10)15-9-5-1-3-8-4-2-6-13-11(8)9/h1-7H,(H,15,17). The molecule has 0 aliphatic heterocycles. The summed E-state index contributed by atoms with van der Waals surface area (Å²) in [6.45, 7) is 0. The van der Waals surface area contributed by atoms with Gasteiger partial charge in [-0.15, -0.1) is 0 Å². The van der Waals surface area contributed by atoms with Crippen LogP contribution in [0.5, 0.6) is 0 Å². The lowest BCUT2D eigenvalue weighted by Crippen LogP contribution is -2.12. The summed E-state index contributed by atoms with van der Waals surface area (Å²) in [5.74, 6) is -0.276. The molecular weight excluding hydrogens is 248 g/mol. The number of fused-ring (bicyclic) bond motifs is 1. The van der Waals surface area contributed by atoms with Crippen LogP contribution in [0.1, 0.15) is 10.5 Å². The van der Waals surface area contributed by atoms with Gasteiger partial charge in [-0.05, 0) is 12.1 Å². The van der Waals surface area contributed by atoms with E-state index in [1.807, 2.05) is 30.3 Å². The highest BCUT2D eigenvalue weighted by molar-refractivity contribution is 6.99. The average molecular weight is 256 g/mol. The van der Waals surface area contributed by atoms with Crippen molar-refractivity contribution in [1.82, 2.24) is 13.7 Å². The molecule has 88 valence electrons. The Kier molecular flexibility index (Phi) is 2.70. The van der Waals surface area contributed by atoms with Crippen LogP contribution >= 0.6 is 11.7 Å². The van der Waals surface area contributed by atoms with Crippen LogP contribution in [-0.2, 0) is 0 Å². The molecule has 0 bridgehead atoms. The van der Waals surface area contributed by atoms with E-state index in [0.717, 1.165) is 22.6 Å². The topological polar surface area (TPSA) is 67.8 Å². The van der Waals surface area contributed by atoms with Crippen LogP contribution in [-0.4, -0.2) is 19.6 Å². The Labute approximate surface area is 107 Å². The van der Waals surface area contributed by atoms with Gasteiger partial charge < -0.3 is 5.32 Å². The third kappa shape index (κ3) is 1.93. The molecule has 0 radical (unpaired) electrons. The molecule has 0 fully saturated rings. The first kappa shape index (κ1) is 10.8. The van der Waals surface area contributed by atoms with Crippen molar-refractivity contribution in [2.24, 2.45) is 0 Å². The quantitative estimate of drug-likeness (QED) is 0.764. The fourth-order valence-electron chi connectivity index (χ4n) is 1.66. The van der Waals surface area contributed by atoms with E-state index in [9.17, 15) is 4.79 Å². The molecule has 0 aliphatic rings. The molecule has 1 aromatic carbocycles. The zero-order valence-electron chi connectivity index (χ0n) is 9.20. The Hall–Kier alpha value is -2.34. The zero-order chi connectivity index (χ0) is 12.4. The number of benzene rings is 1. The number of nitrogens with zero attached hydrogens (tertiary/aromatic N) is 3. The van der Waals surface area contributed by atoms with Gasteiger partial charge in [0.2, 0.25) is 0 Å². The maximum Gasteiger partial charge on any atom is 0.277 e. The molecule has 2 aromatic heterocycles. The largest absolute Gasteiger partial charge is 0.319 e. The number of hydrogen-bond donors (Lipinski definition) is 1. The molecule has 0 saturated carbocycles. The summed E-state index contributed by atoms with van der Waals surface area (Å²) in [7, 11) is 0. The van der Waals surface area contributed by atoms with Gasteiger partial charge in [0, 0.05) is 11.6 Å². The normalized spacial score (nSPS) is 10.4. The Morgan fingerprint density at radius 2 is 2.11 bits per heavy atom. The molecule has 3 rings (SSSR count). The van der Waals surface area contributed by atoms with E-state index in [4.69, 9.17) is 0 Å². The van der Waals surface area contributed by atoms with Gasteiger partial charge in [0.25, 0.3) is 5.91 Å². The van der Waals surface area contributed by atoms with Crippen molar-refractivity contribution in [3.05, 3.63) is 48.4 Å². The average Bonchev–Trinajstić information content (AvgIpc) is 2.93. The fourth-order valence-corrected chi connectivity index (χ4v) is 2.07. The highest BCUT2D eigenvalue weighted by Crippen LogP contribution is 2.20. The van der Waals surface area contributed by atoms with Crippen molar-refractivity contribution in [2.75, 3.05) is 5.32 Å². The number of anilines is 1. The van der Waals surface area contributed by atoms with E-state index in [1.54, 1.807) is 6.20 Å². The minimum absolute atomic E-state index is 0.276. The van der Waals surface area contributed by atoms with Gasteiger partial charge in [0.1, 0.15) is 0 Å². The monoisotopic (exact) mass is 256 g/mol. The number of para-hydroxylation sites is 1. The highest BCUT2D eigenvalue weighted by Gasteiger charge is 2.10.